The third-order valence-corrected chi connectivity index (χ3v) is 10.5. The van der Waals surface area contributed by atoms with Crippen molar-refractivity contribution in [3.05, 3.63) is 71.3 Å². The molecule has 1 heterocycles. The lowest BCUT2D eigenvalue weighted by atomic mass is 10.0. The molecule has 0 saturated heterocycles. The fraction of sp³-hybridized carbons (Fsp3) is 0.689. The zero-order valence-corrected chi connectivity index (χ0v) is 36.5. The van der Waals surface area contributed by atoms with Gasteiger partial charge in [-0.15, -0.1) is 0 Å². The Bertz CT molecular complexity index is 1370. The summed E-state index contributed by atoms with van der Waals surface area (Å²) in [6.45, 7) is 7.74. The number of hydrogen-bond donors (Lipinski definition) is 3. The van der Waals surface area contributed by atoms with Crippen LogP contribution in [-0.4, -0.2) is 60.5 Å². The first-order valence-corrected chi connectivity index (χ1v) is 23.1. The lowest BCUT2D eigenvalue weighted by Crippen LogP contribution is -2.29. The van der Waals surface area contributed by atoms with Crippen molar-refractivity contribution in [2.45, 2.75) is 175 Å². The molecule has 0 aliphatic heterocycles. The van der Waals surface area contributed by atoms with Crippen molar-refractivity contribution < 1.29 is 47.1 Å². The molecule has 1 aromatic rings. The van der Waals surface area contributed by atoms with Crippen LogP contribution in [0.5, 0.6) is 0 Å². The summed E-state index contributed by atoms with van der Waals surface area (Å²) in [4.78, 5) is 34.9. The molecule has 0 radical (unpaired) electrons. The molecule has 4 N–H and O–H groups in total. The maximum atomic E-state index is 12.6. The number of furan rings is 1. The minimum absolute atomic E-state index is 0.0264. The lowest BCUT2D eigenvalue weighted by molar-refractivity contribution is -0.161. The zero-order chi connectivity index (χ0) is 42.0. The van der Waals surface area contributed by atoms with Gasteiger partial charge < -0.3 is 29.6 Å². The summed E-state index contributed by atoms with van der Waals surface area (Å²) < 4.78 is 38.8. The molecule has 0 bridgehead atoms. The van der Waals surface area contributed by atoms with Gasteiger partial charge in [0.05, 0.1) is 19.3 Å². The van der Waals surface area contributed by atoms with Crippen LogP contribution in [0.2, 0.25) is 0 Å². The zero-order valence-electron chi connectivity index (χ0n) is 35.6. The number of carbonyl (C=O) groups is 2. The van der Waals surface area contributed by atoms with Crippen molar-refractivity contribution >= 4 is 19.8 Å². The standard InChI is InChI=1S/C45H76NO10P/c1-5-7-8-9-13-18-23-29-40(47)30-24-19-14-12-17-22-27-33-45(49)55-41(37-54-57(50,51)53-35-34-46)36-52-44(48)32-26-21-16-11-10-15-20-25-31-43-39(4)38(3)42(56-43)28-6-2/h12-13,17-19,23-24,29,40-41,47H,5-11,14-16,20-22,25-28,30-37,46H2,1-4H3,(H,50,51)/b17-12+,18-13-,24-19-,29-23-/t40-,41+/m0/s1. The number of hydrogen-bond acceptors (Lipinski definition) is 10. The molecule has 326 valence electrons. The van der Waals surface area contributed by atoms with E-state index in [-0.39, 0.29) is 32.6 Å². The number of rotatable bonds is 36. The number of phosphoric ester groups is 1. The minimum Gasteiger partial charge on any atom is -0.466 e. The first-order valence-electron chi connectivity index (χ1n) is 21.6. The second-order valence-electron chi connectivity index (χ2n) is 14.6. The Morgan fingerprint density at radius 2 is 1.39 bits per heavy atom. The molecule has 11 nitrogen and oxygen atoms in total. The van der Waals surface area contributed by atoms with Crippen molar-refractivity contribution in [2.75, 3.05) is 26.4 Å². The second kappa shape index (κ2) is 34.1. The molecule has 1 aromatic heterocycles. The van der Waals surface area contributed by atoms with E-state index in [1.165, 1.54) is 43.2 Å². The molecule has 0 aliphatic rings. The van der Waals surface area contributed by atoms with Crippen molar-refractivity contribution in [3.63, 3.8) is 0 Å². The van der Waals surface area contributed by atoms with Gasteiger partial charge in [-0.1, -0.05) is 114 Å². The number of aliphatic hydroxyl groups is 1. The molecular weight excluding hydrogens is 745 g/mol. The Hall–Kier alpha value is -2.79. The molecule has 57 heavy (non-hydrogen) atoms. The Kier molecular flexibility index (Phi) is 31.3. The van der Waals surface area contributed by atoms with E-state index in [0.717, 1.165) is 69.3 Å². The Morgan fingerprint density at radius 3 is 2.09 bits per heavy atom. The summed E-state index contributed by atoms with van der Waals surface area (Å²) in [5, 5.41) is 10.1. The second-order valence-corrected chi connectivity index (χ2v) is 16.1. The molecule has 3 atom stereocenters. The molecule has 12 heteroatoms. The van der Waals surface area contributed by atoms with Crippen LogP contribution in [-0.2, 0) is 45.5 Å². The molecule has 0 aliphatic carbocycles. The average Bonchev–Trinajstić information content (AvgIpc) is 3.45. The van der Waals surface area contributed by atoms with Crippen LogP contribution in [0.3, 0.4) is 0 Å². The molecule has 0 amide bonds. The van der Waals surface area contributed by atoms with Gasteiger partial charge in [0.1, 0.15) is 18.1 Å². The summed E-state index contributed by atoms with van der Waals surface area (Å²) in [7, 11) is -4.42. The maximum absolute atomic E-state index is 12.6. The fourth-order valence-corrected chi connectivity index (χ4v) is 6.75. The van der Waals surface area contributed by atoms with Crippen LogP contribution < -0.4 is 5.73 Å². The highest BCUT2D eigenvalue weighted by Crippen LogP contribution is 2.43. The van der Waals surface area contributed by atoms with E-state index in [1.807, 2.05) is 36.5 Å². The summed E-state index contributed by atoms with van der Waals surface area (Å²) in [5.74, 6) is 1.32. The van der Waals surface area contributed by atoms with Gasteiger partial charge in [-0.2, -0.15) is 0 Å². The van der Waals surface area contributed by atoms with Crippen LogP contribution in [0, 0.1) is 13.8 Å². The number of aryl methyl sites for hydroxylation is 2. The third-order valence-electron chi connectivity index (χ3n) is 9.47. The molecule has 1 unspecified atom stereocenters. The normalized spacial score (nSPS) is 14.3. The Morgan fingerprint density at radius 1 is 0.737 bits per heavy atom. The first kappa shape index (κ1) is 52.2. The summed E-state index contributed by atoms with van der Waals surface area (Å²) in [5.41, 5.74) is 7.95. The van der Waals surface area contributed by atoms with E-state index in [2.05, 4.69) is 33.8 Å². The van der Waals surface area contributed by atoms with Crippen LogP contribution in [0.25, 0.3) is 0 Å². The van der Waals surface area contributed by atoms with Crippen molar-refractivity contribution in [1.82, 2.24) is 0 Å². The van der Waals surface area contributed by atoms with Gasteiger partial charge in [0.2, 0.25) is 0 Å². The maximum Gasteiger partial charge on any atom is 0.472 e. The number of nitrogens with two attached hydrogens (primary N) is 1. The minimum atomic E-state index is -4.42. The Balaban J connectivity index is 2.31. The summed E-state index contributed by atoms with van der Waals surface area (Å²) >= 11 is 0. The Labute approximate surface area is 344 Å². The predicted molar refractivity (Wildman–Crippen MR) is 229 cm³/mol. The van der Waals surface area contributed by atoms with E-state index in [4.69, 9.17) is 28.7 Å². The molecular formula is C45H76NO10P. The highest BCUT2D eigenvalue weighted by atomic mass is 31.2. The van der Waals surface area contributed by atoms with Crippen LogP contribution in [0.1, 0.15) is 158 Å². The topological polar surface area (TPSA) is 168 Å². The van der Waals surface area contributed by atoms with E-state index in [9.17, 15) is 24.2 Å². The third kappa shape index (κ3) is 28.3. The van der Waals surface area contributed by atoms with E-state index < -0.39 is 38.6 Å². The van der Waals surface area contributed by atoms with Crippen LogP contribution in [0.4, 0.5) is 0 Å². The van der Waals surface area contributed by atoms with Gasteiger partial charge >= 0.3 is 19.8 Å². The molecule has 0 fully saturated rings. The number of phosphoric acid groups is 1. The predicted octanol–water partition coefficient (Wildman–Crippen LogP) is 10.6. The van der Waals surface area contributed by atoms with Gasteiger partial charge in [0.15, 0.2) is 6.10 Å². The van der Waals surface area contributed by atoms with E-state index >= 15 is 0 Å². The number of aliphatic hydroxyl groups excluding tert-OH is 1. The summed E-state index contributed by atoms with van der Waals surface area (Å²) in [6, 6.07) is 0. The first-order chi connectivity index (χ1) is 27.5. The van der Waals surface area contributed by atoms with Gasteiger partial charge in [-0.05, 0) is 82.8 Å². The van der Waals surface area contributed by atoms with Crippen molar-refractivity contribution in [1.29, 1.82) is 0 Å². The average molecular weight is 822 g/mol. The van der Waals surface area contributed by atoms with Crippen molar-refractivity contribution in [3.8, 4) is 0 Å². The molecule has 0 aromatic carbocycles. The number of carbonyl (C=O) groups excluding carboxylic acids is 2. The molecule has 0 saturated carbocycles. The van der Waals surface area contributed by atoms with Gasteiger partial charge in [0, 0.05) is 32.2 Å². The largest absolute Gasteiger partial charge is 0.472 e. The van der Waals surface area contributed by atoms with Crippen molar-refractivity contribution in [2.24, 2.45) is 5.73 Å². The highest BCUT2D eigenvalue weighted by molar-refractivity contribution is 7.47. The van der Waals surface area contributed by atoms with Gasteiger partial charge in [0.25, 0.3) is 0 Å². The van der Waals surface area contributed by atoms with Crippen LogP contribution in [0.15, 0.2) is 53.0 Å². The van der Waals surface area contributed by atoms with E-state index in [0.29, 0.717) is 32.1 Å². The van der Waals surface area contributed by atoms with E-state index in [1.54, 1.807) is 6.08 Å². The van der Waals surface area contributed by atoms with Crippen LogP contribution >= 0.6 is 7.82 Å². The summed E-state index contributed by atoms with van der Waals surface area (Å²) in [6.07, 6.45) is 33.1. The number of unbranched alkanes of at least 4 members (excludes halogenated alkanes) is 11. The lowest BCUT2D eigenvalue weighted by Gasteiger charge is -2.19. The number of ether oxygens (including phenoxy) is 2. The quantitative estimate of drug-likeness (QED) is 0.0194. The fourth-order valence-electron chi connectivity index (χ4n) is 5.99. The van der Waals surface area contributed by atoms with Gasteiger partial charge in [-0.25, -0.2) is 4.57 Å². The molecule has 0 spiro atoms. The SMILES string of the molecule is CCCCC/C=C\C=C/[C@H](O)C/C=C\C/C=C/CCCC(=O)O[C@H](COC(=O)CCCCCCCCCCc1oc(CCC)c(C)c1C)COP(=O)(O)OCCN. The number of esters is 2. The smallest absolute Gasteiger partial charge is 0.466 e. The number of allylic oxidation sites excluding steroid dienone is 6. The highest BCUT2D eigenvalue weighted by Gasteiger charge is 2.26. The molecule has 1 rings (SSSR count). The van der Waals surface area contributed by atoms with Gasteiger partial charge in [-0.3, -0.25) is 18.6 Å². The monoisotopic (exact) mass is 822 g/mol.